The molecule has 3 heterocycles. The molecule has 3 aliphatic rings. The Kier molecular flexibility index (Phi) is 4.89. The minimum Gasteiger partial charge on any atom is -0.469 e. The number of nitrogens with zero attached hydrogens (tertiary/aromatic N) is 1. The van der Waals surface area contributed by atoms with E-state index in [2.05, 4.69) is 22.0 Å². The summed E-state index contributed by atoms with van der Waals surface area (Å²) in [5, 5.41) is 1.25. The highest BCUT2D eigenvalue weighted by Crippen LogP contribution is 2.50. The molecule has 0 unspecified atom stereocenters. The third-order valence-corrected chi connectivity index (χ3v) is 7.73. The summed E-state index contributed by atoms with van der Waals surface area (Å²) in [7, 11) is -3.34. The van der Waals surface area contributed by atoms with Crippen LogP contribution < -0.4 is 0 Å². The number of H-pyrrole nitrogens is 1. The van der Waals surface area contributed by atoms with Crippen LogP contribution >= 0.6 is 0 Å². The zero-order valence-corrected chi connectivity index (χ0v) is 17.6. The number of carbonyl (C=O) groups is 1. The number of esters is 1. The summed E-state index contributed by atoms with van der Waals surface area (Å²) in [6.07, 6.45) is 1.96. The Morgan fingerprint density at radius 1 is 1.27 bits per heavy atom. The molecule has 5 atom stereocenters. The summed E-state index contributed by atoms with van der Waals surface area (Å²) in [5.74, 6) is -0.999. The van der Waals surface area contributed by atoms with E-state index < -0.39 is 28.4 Å². The molecule has 0 radical (unpaired) electrons. The van der Waals surface area contributed by atoms with Crippen molar-refractivity contribution in [2.24, 2.45) is 17.8 Å². The van der Waals surface area contributed by atoms with E-state index in [1.807, 2.05) is 12.1 Å². The molecule has 1 saturated heterocycles. The number of rotatable bonds is 3. The number of ether oxygens (including phenoxy) is 1. The van der Waals surface area contributed by atoms with E-state index >= 15 is 0 Å². The summed E-state index contributed by atoms with van der Waals surface area (Å²) in [6, 6.07) is 8.42. The van der Waals surface area contributed by atoms with Crippen LogP contribution in [-0.4, -0.2) is 55.1 Å². The molecule has 2 aliphatic heterocycles. The zero-order valence-electron chi connectivity index (χ0n) is 16.8. The van der Waals surface area contributed by atoms with Crippen molar-refractivity contribution >= 4 is 27.3 Å². The molecule has 2 N–H and O–H groups in total. The minimum absolute atomic E-state index is 0.0726. The van der Waals surface area contributed by atoms with E-state index in [0.29, 0.717) is 6.42 Å². The highest BCUT2D eigenvalue weighted by molar-refractivity contribution is 7.80. The van der Waals surface area contributed by atoms with E-state index in [0.717, 1.165) is 37.9 Å². The van der Waals surface area contributed by atoms with Crippen LogP contribution in [0.4, 0.5) is 0 Å². The van der Waals surface area contributed by atoms with Gasteiger partial charge in [0.25, 0.3) is 0 Å². The second kappa shape index (κ2) is 7.33. The van der Waals surface area contributed by atoms with Crippen LogP contribution in [0.1, 0.15) is 36.6 Å². The van der Waals surface area contributed by atoms with Crippen molar-refractivity contribution in [3.8, 4) is 0 Å². The Hall–Kier alpha value is -1.94. The van der Waals surface area contributed by atoms with Gasteiger partial charge in [0, 0.05) is 29.7 Å². The van der Waals surface area contributed by atoms with Crippen molar-refractivity contribution in [1.29, 1.82) is 0 Å². The van der Waals surface area contributed by atoms with Gasteiger partial charge >= 0.3 is 16.4 Å². The first-order valence-electron chi connectivity index (χ1n) is 10.4. The molecule has 1 aromatic carbocycles. The van der Waals surface area contributed by atoms with Crippen molar-refractivity contribution in [1.82, 2.24) is 9.88 Å². The van der Waals surface area contributed by atoms with Gasteiger partial charge in [-0.05, 0) is 49.1 Å². The molecule has 9 heteroatoms. The molecule has 8 nitrogen and oxygen atoms in total. The fourth-order valence-electron chi connectivity index (χ4n) is 6.05. The van der Waals surface area contributed by atoms with Gasteiger partial charge in [0.05, 0.1) is 25.2 Å². The Bertz CT molecular complexity index is 1080. The zero-order chi connectivity index (χ0) is 21.0. The van der Waals surface area contributed by atoms with Crippen molar-refractivity contribution < 1.29 is 26.7 Å². The fraction of sp³-hybridized carbons (Fsp3) is 0.571. The number of benzene rings is 1. The highest BCUT2D eigenvalue weighted by atomic mass is 32.3. The number of aromatic nitrogens is 1. The molecule has 0 spiro atoms. The lowest BCUT2D eigenvalue weighted by atomic mass is 9.65. The molecule has 162 valence electrons. The Morgan fingerprint density at radius 3 is 2.83 bits per heavy atom. The lowest BCUT2D eigenvalue weighted by Crippen LogP contribution is -2.54. The maximum absolute atomic E-state index is 12.7. The van der Waals surface area contributed by atoms with Gasteiger partial charge in [-0.3, -0.25) is 14.2 Å². The third-order valence-electron chi connectivity index (χ3n) is 7.24. The largest absolute Gasteiger partial charge is 0.469 e. The number of methoxy groups -OCH3 is 1. The van der Waals surface area contributed by atoms with Gasteiger partial charge in [0.1, 0.15) is 0 Å². The van der Waals surface area contributed by atoms with Crippen molar-refractivity contribution in [3.63, 3.8) is 0 Å². The average Bonchev–Trinajstić information content (AvgIpc) is 3.10. The number of nitrogens with one attached hydrogen (secondary N) is 1. The van der Waals surface area contributed by atoms with Crippen molar-refractivity contribution in [2.75, 3.05) is 20.2 Å². The maximum atomic E-state index is 12.7. The summed E-state index contributed by atoms with van der Waals surface area (Å²) in [4.78, 5) is 18.7. The molecule has 30 heavy (non-hydrogen) atoms. The van der Waals surface area contributed by atoms with E-state index in [1.54, 1.807) is 0 Å². The second-order valence-electron chi connectivity index (χ2n) is 8.67. The number of hydrogen-bond acceptors (Lipinski definition) is 6. The number of hydrogen-bond donors (Lipinski definition) is 2. The monoisotopic (exact) mass is 434 g/mol. The number of piperidine rings is 1. The van der Waals surface area contributed by atoms with Gasteiger partial charge in [0.2, 0.25) is 0 Å². The predicted octanol–water partition coefficient (Wildman–Crippen LogP) is 2.47. The van der Waals surface area contributed by atoms with E-state index in [4.69, 9.17) is 8.92 Å². The van der Waals surface area contributed by atoms with E-state index in [9.17, 15) is 17.8 Å². The average molecular weight is 435 g/mol. The maximum Gasteiger partial charge on any atom is 0.397 e. The van der Waals surface area contributed by atoms with Crippen molar-refractivity contribution in [3.05, 3.63) is 35.5 Å². The molecule has 0 bridgehead atoms. The SMILES string of the molecule is COC(=O)[C@H]1[C@@H]2C[C@@H]3c4[nH]c5ccccc5c4CCN3C[C@H]2CC[C@H]1OS(=O)(=O)O. The second-order valence-corrected chi connectivity index (χ2v) is 9.72. The van der Waals surface area contributed by atoms with Gasteiger partial charge in [-0.15, -0.1) is 0 Å². The number of para-hydroxylation sites is 1. The van der Waals surface area contributed by atoms with Crippen LogP contribution in [0, 0.1) is 17.8 Å². The number of carbonyl (C=O) groups excluding carboxylic acids is 1. The topological polar surface area (TPSA) is 109 Å². The molecule has 1 aliphatic carbocycles. The van der Waals surface area contributed by atoms with Crippen LogP contribution in [-0.2, 0) is 30.5 Å². The summed E-state index contributed by atoms with van der Waals surface area (Å²) < 4.78 is 41.9. The summed E-state index contributed by atoms with van der Waals surface area (Å²) >= 11 is 0. The normalized spacial score (nSPS) is 31.6. The quantitative estimate of drug-likeness (QED) is 0.564. The van der Waals surface area contributed by atoms with Gasteiger partial charge in [-0.1, -0.05) is 18.2 Å². The summed E-state index contributed by atoms with van der Waals surface area (Å²) in [5.41, 5.74) is 3.65. The van der Waals surface area contributed by atoms with E-state index in [-0.39, 0.29) is 17.9 Å². The molecule has 5 rings (SSSR count). The lowest BCUT2D eigenvalue weighted by molar-refractivity contribution is -0.158. The first-order valence-corrected chi connectivity index (χ1v) is 11.8. The molecule has 0 amide bonds. The molecular formula is C21H26N2O6S. The third kappa shape index (κ3) is 3.33. The van der Waals surface area contributed by atoms with Gasteiger partial charge < -0.3 is 9.72 Å². The summed E-state index contributed by atoms with van der Waals surface area (Å²) in [6.45, 7) is 1.83. The Labute approximate surface area is 175 Å². The van der Waals surface area contributed by atoms with Crippen LogP contribution in [0.15, 0.2) is 24.3 Å². The smallest absolute Gasteiger partial charge is 0.397 e. The Morgan fingerprint density at radius 2 is 2.07 bits per heavy atom. The van der Waals surface area contributed by atoms with Gasteiger partial charge in [-0.2, -0.15) is 8.42 Å². The standard InChI is InChI=1S/C21H26N2O6S/c1-28-21(24)19-15-10-17-20-14(13-4-2-3-5-16(13)22-20)8-9-23(17)11-12(15)6-7-18(19)29-30(25,26)27/h2-5,12,15,17-19,22H,6-11H2,1H3,(H,25,26,27)/t12-,15-,17-,18-,19+/m1/s1. The predicted molar refractivity (Wildman–Crippen MR) is 109 cm³/mol. The molecule has 2 aromatic rings. The van der Waals surface area contributed by atoms with Crippen LogP contribution in [0.2, 0.25) is 0 Å². The molecule has 2 fully saturated rings. The first kappa shape index (κ1) is 20.0. The van der Waals surface area contributed by atoms with E-state index in [1.165, 1.54) is 23.8 Å². The molecule has 1 aromatic heterocycles. The highest BCUT2D eigenvalue weighted by Gasteiger charge is 2.51. The lowest BCUT2D eigenvalue weighted by Gasteiger charge is -2.51. The van der Waals surface area contributed by atoms with Crippen LogP contribution in [0.25, 0.3) is 10.9 Å². The fourth-order valence-corrected chi connectivity index (χ4v) is 6.57. The molecular weight excluding hydrogens is 408 g/mol. The Balaban J connectivity index is 1.50. The van der Waals surface area contributed by atoms with Crippen LogP contribution in [0.5, 0.6) is 0 Å². The first-order chi connectivity index (χ1) is 14.4. The van der Waals surface area contributed by atoms with Crippen LogP contribution in [0.3, 0.4) is 0 Å². The molecule has 1 saturated carbocycles. The van der Waals surface area contributed by atoms with Gasteiger partial charge in [-0.25, -0.2) is 4.18 Å². The number of aromatic amines is 1. The minimum atomic E-state index is -4.65. The van der Waals surface area contributed by atoms with Gasteiger partial charge in [0.15, 0.2) is 0 Å². The number of fused-ring (bicyclic) bond motifs is 6. The van der Waals surface area contributed by atoms with Crippen molar-refractivity contribution in [2.45, 2.75) is 37.8 Å².